The molecule has 2 fully saturated rings. The van der Waals surface area contributed by atoms with E-state index in [4.69, 9.17) is 14.2 Å². The van der Waals surface area contributed by atoms with Crippen LogP contribution in [0.4, 0.5) is 0 Å². The molecule has 2 rings (SSSR count). The van der Waals surface area contributed by atoms with Gasteiger partial charge in [-0.2, -0.15) is 0 Å². The van der Waals surface area contributed by atoms with E-state index in [0.29, 0.717) is 0 Å². The molecule has 12 nitrogen and oxygen atoms in total. The van der Waals surface area contributed by atoms with E-state index in [9.17, 15) is 38.2 Å². The Bertz CT molecular complexity index is 720. The number of aliphatic carboxylic acids is 1. The number of aliphatic hydroxyl groups excluding tert-OH is 3. The van der Waals surface area contributed by atoms with Crippen molar-refractivity contribution in [2.24, 2.45) is 29.6 Å². The molecule has 2 aliphatic heterocycles. The monoisotopic (exact) mass is 484 g/mol. The molecule has 10 atom stereocenters. The van der Waals surface area contributed by atoms with E-state index in [0.717, 1.165) is 0 Å². The standard InChI is InChI=1S/C19H35NO11S/c1-9-10(2)16(31-18(19(24)25)12(9)4-21)8-29-7-13-11(3)17(20-32(26,27)28)15(6-23)30-14(13)5-22/h9-18,20-23H,4-8H2,1-3H3,(H,24,25)(H,26,27,28)/p-1/t9-,10?,11+,12-,13-,14?,15+,16-,17?,18?/m0/s1. The Morgan fingerprint density at radius 1 is 0.906 bits per heavy atom. The fourth-order valence-electron chi connectivity index (χ4n) is 4.73. The molecule has 0 aromatic rings. The molecule has 2 saturated heterocycles. The number of carboxylic acids is 1. The first-order valence-electron chi connectivity index (χ1n) is 10.6. The largest absolute Gasteiger partial charge is 0.735 e. The zero-order valence-corrected chi connectivity index (χ0v) is 19.2. The Hall–Kier alpha value is -0.900. The minimum absolute atomic E-state index is 0.0176. The van der Waals surface area contributed by atoms with Gasteiger partial charge in [0.2, 0.25) is 0 Å². The van der Waals surface area contributed by atoms with Crippen molar-refractivity contribution in [1.29, 1.82) is 0 Å². The summed E-state index contributed by atoms with van der Waals surface area (Å²) in [6.07, 6.45) is -3.48. The van der Waals surface area contributed by atoms with Gasteiger partial charge in [-0.25, -0.2) is 17.9 Å². The lowest BCUT2D eigenvalue weighted by Gasteiger charge is -2.46. The van der Waals surface area contributed by atoms with Crippen LogP contribution in [0.15, 0.2) is 0 Å². The number of carboxylic acid groups (broad SMARTS) is 1. The van der Waals surface area contributed by atoms with Crippen molar-refractivity contribution in [1.82, 2.24) is 4.72 Å². The molecule has 0 aromatic heterocycles. The first-order valence-corrected chi connectivity index (χ1v) is 12.0. The van der Waals surface area contributed by atoms with E-state index in [1.54, 1.807) is 6.92 Å². The molecule has 0 saturated carbocycles. The third kappa shape index (κ3) is 6.36. The van der Waals surface area contributed by atoms with Gasteiger partial charge in [0.15, 0.2) is 16.4 Å². The SMILES string of the molecule is CC1[C@H](COC[C@@H]2C(CO)O[C@H](CO)C(NS(=O)(=O)[O-])[C@@H]2C)OC(C(=O)O)[C@@H](CO)[C@H]1C. The molecule has 188 valence electrons. The van der Waals surface area contributed by atoms with Crippen LogP contribution in [-0.2, 0) is 29.3 Å². The molecule has 0 amide bonds. The van der Waals surface area contributed by atoms with E-state index < -0.39 is 77.7 Å². The molecule has 5 N–H and O–H groups in total. The molecule has 0 aromatic carbocycles. The molecule has 32 heavy (non-hydrogen) atoms. The summed E-state index contributed by atoms with van der Waals surface area (Å²) in [5.41, 5.74) is 0. The summed E-state index contributed by atoms with van der Waals surface area (Å²) < 4.78 is 52.7. The zero-order chi connectivity index (χ0) is 24.2. The Labute approximate surface area is 187 Å². The highest BCUT2D eigenvalue weighted by Gasteiger charge is 2.46. The summed E-state index contributed by atoms with van der Waals surface area (Å²) in [5.74, 6) is -2.97. The highest BCUT2D eigenvalue weighted by Crippen LogP contribution is 2.36. The summed E-state index contributed by atoms with van der Waals surface area (Å²) in [6, 6.07) is -1.01. The van der Waals surface area contributed by atoms with Crippen LogP contribution in [0.5, 0.6) is 0 Å². The molecule has 0 radical (unpaired) electrons. The third-order valence-electron chi connectivity index (χ3n) is 6.96. The maximum Gasteiger partial charge on any atom is 0.333 e. The van der Waals surface area contributed by atoms with Crippen LogP contribution in [0.3, 0.4) is 0 Å². The molecule has 13 heteroatoms. The summed E-state index contributed by atoms with van der Waals surface area (Å²) >= 11 is 0. The zero-order valence-electron chi connectivity index (χ0n) is 18.4. The predicted octanol–water partition coefficient (Wildman–Crippen LogP) is -1.84. The van der Waals surface area contributed by atoms with Crippen molar-refractivity contribution >= 4 is 16.3 Å². The maximum atomic E-state index is 11.6. The Kier molecular flexibility index (Phi) is 9.82. The maximum absolute atomic E-state index is 11.6. The van der Waals surface area contributed by atoms with Crippen LogP contribution in [-0.4, -0.2) is 103 Å². The van der Waals surface area contributed by atoms with Gasteiger partial charge in [-0.1, -0.05) is 20.8 Å². The lowest BCUT2D eigenvalue weighted by molar-refractivity contribution is -0.198. The quantitative estimate of drug-likeness (QED) is 0.219. The van der Waals surface area contributed by atoms with Crippen molar-refractivity contribution in [3.05, 3.63) is 0 Å². The Morgan fingerprint density at radius 3 is 2.03 bits per heavy atom. The molecule has 2 aliphatic rings. The van der Waals surface area contributed by atoms with Crippen LogP contribution in [0.2, 0.25) is 0 Å². The second kappa shape index (κ2) is 11.5. The van der Waals surface area contributed by atoms with E-state index in [2.05, 4.69) is 0 Å². The number of carbonyl (C=O) groups is 1. The van der Waals surface area contributed by atoms with Crippen molar-refractivity contribution < 1.29 is 52.4 Å². The molecule has 0 spiro atoms. The molecular formula is C19H34NO11S-. The van der Waals surface area contributed by atoms with E-state index in [1.165, 1.54) is 0 Å². The fraction of sp³-hybridized carbons (Fsp3) is 0.947. The van der Waals surface area contributed by atoms with Crippen molar-refractivity contribution in [3.63, 3.8) is 0 Å². The first-order chi connectivity index (χ1) is 14.9. The van der Waals surface area contributed by atoms with Crippen molar-refractivity contribution in [2.75, 3.05) is 33.0 Å². The third-order valence-corrected chi connectivity index (χ3v) is 7.52. The average molecular weight is 485 g/mol. The van der Waals surface area contributed by atoms with Crippen LogP contribution < -0.4 is 4.72 Å². The molecular weight excluding hydrogens is 450 g/mol. The smallest absolute Gasteiger partial charge is 0.333 e. The average Bonchev–Trinajstić information content (AvgIpc) is 2.72. The summed E-state index contributed by atoms with van der Waals surface area (Å²) in [7, 11) is -4.81. The van der Waals surface area contributed by atoms with E-state index >= 15 is 0 Å². The summed E-state index contributed by atoms with van der Waals surface area (Å²) in [4.78, 5) is 11.6. The fourth-order valence-corrected chi connectivity index (χ4v) is 5.43. The Morgan fingerprint density at radius 2 is 1.53 bits per heavy atom. The van der Waals surface area contributed by atoms with Gasteiger partial charge in [0.25, 0.3) is 0 Å². The number of ether oxygens (including phenoxy) is 3. The summed E-state index contributed by atoms with van der Waals surface area (Å²) in [6.45, 7) is 4.19. The van der Waals surface area contributed by atoms with Gasteiger partial charge in [0, 0.05) is 18.4 Å². The van der Waals surface area contributed by atoms with Gasteiger partial charge in [-0.3, -0.25) is 0 Å². The summed E-state index contributed by atoms with van der Waals surface area (Å²) in [5, 5.41) is 38.2. The Balaban J connectivity index is 2.06. The minimum Gasteiger partial charge on any atom is -0.735 e. The molecule has 2 heterocycles. The van der Waals surface area contributed by atoms with E-state index in [1.807, 2.05) is 18.6 Å². The van der Waals surface area contributed by atoms with E-state index in [-0.39, 0.29) is 31.7 Å². The first kappa shape index (κ1) is 27.3. The number of aliphatic hydroxyl groups is 3. The molecule has 0 aliphatic carbocycles. The topological polar surface area (TPSA) is 195 Å². The highest BCUT2D eigenvalue weighted by atomic mass is 32.2. The van der Waals surface area contributed by atoms with Crippen LogP contribution in [0.25, 0.3) is 0 Å². The number of hydrogen-bond acceptors (Lipinski definition) is 10. The second-order valence-corrected chi connectivity index (χ2v) is 9.88. The lowest BCUT2D eigenvalue weighted by Crippen LogP contribution is -2.60. The minimum atomic E-state index is -4.81. The van der Waals surface area contributed by atoms with Crippen molar-refractivity contribution in [2.45, 2.75) is 51.2 Å². The van der Waals surface area contributed by atoms with Crippen LogP contribution >= 0.6 is 0 Å². The van der Waals surface area contributed by atoms with Crippen LogP contribution in [0.1, 0.15) is 20.8 Å². The second-order valence-electron chi connectivity index (χ2n) is 8.73. The van der Waals surface area contributed by atoms with Gasteiger partial charge >= 0.3 is 5.97 Å². The van der Waals surface area contributed by atoms with Gasteiger partial charge < -0.3 is 39.2 Å². The predicted molar refractivity (Wildman–Crippen MR) is 108 cm³/mol. The molecule has 4 unspecified atom stereocenters. The van der Waals surface area contributed by atoms with Crippen LogP contribution in [0, 0.1) is 29.6 Å². The number of nitrogens with one attached hydrogen (secondary N) is 1. The normalized spacial score (nSPS) is 40.8. The molecule has 0 bridgehead atoms. The lowest BCUT2D eigenvalue weighted by atomic mass is 9.76. The van der Waals surface area contributed by atoms with Crippen molar-refractivity contribution in [3.8, 4) is 0 Å². The van der Waals surface area contributed by atoms with Gasteiger partial charge in [-0.15, -0.1) is 0 Å². The van der Waals surface area contributed by atoms with Gasteiger partial charge in [0.05, 0.1) is 50.8 Å². The number of hydrogen-bond donors (Lipinski definition) is 5. The van der Waals surface area contributed by atoms with Gasteiger partial charge in [0.1, 0.15) is 0 Å². The number of rotatable bonds is 10. The highest BCUT2D eigenvalue weighted by molar-refractivity contribution is 7.83. The van der Waals surface area contributed by atoms with Gasteiger partial charge in [-0.05, 0) is 17.8 Å².